The number of rotatable bonds is 4. The Morgan fingerprint density at radius 2 is 2.00 bits per heavy atom. The predicted molar refractivity (Wildman–Crippen MR) is 92.1 cm³/mol. The van der Waals surface area contributed by atoms with Crippen LogP contribution >= 0.6 is 0 Å². The number of halogens is 2. The average molecular weight is 328 g/mol. The number of hydrogen-bond donors (Lipinski definition) is 1. The van der Waals surface area contributed by atoms with Crippen molar-refractivity contribution >= 4 is 23.4 Å². The van der Waals surface area contributed by atoms with Crippen molar-refractivity contribution in [2.24, 2.45) is 0 Å². The fraction of sp³-hybridized carbons (Fsp3) is 0.211. The van der Waals surface area contributed by atoms with Gasteiger partial charge in [0.15, 0.2) is 0 Å². The van der Waals surface area contributed by atoms with Crippen molar-refractivity contribution in [2.75, 3.05) is 23.3 Å². The van der Waals surface area contributed by atoms with Crippen molar-refractivity contribution in [1.82, 2.24) is 0 Å². The molecule has 0 atom stereocenters. The minimum atomic E-state index is -0.699. The monoisotopic (exact) mass is 328 g/mol. The van der Waals surface area contributed by atoms with Crippen LogP contribution in [0.3, 0.4) is 0 Å². The quantitative estimate of drug-likeness (QED) is 0.861. The molecule has 0 bridgehead atoms. The van der Waals surface area contributed by atoms with E-state index in [9.17, 15) is 13.6 Å². The van der Waals surface area contributed by atoms with Crippen molar-refractivity contribution < 1.29 is 13.6 Å². The standard InChI is InChI=1S/C19H18F2N2O/c1-2-23-11-10-13-6-7-14(12-18(13)23)22-19(24)9-8-15-16(20)4-3-5-17(15)21/h3-9,12H,2,10-11H2,1H3,(H,22,24)/b9-8+. The summed E-state index contributed by atoms with van der Waals surface area (Å²) in [5.41, 5.74) is 2.83. The summed E-state index contributed by atoms with van der Waals surface area (Å²) in [6.07, 6.45) is 3.28. The first-order valence-corrected chi connectivity index (χ1v) is 7.89. The predicted octanol–water partition coefficient (Wildman–Crippen LogP) is 4.00. The highest BCUT2D eigenvalue weighted by Gasteiger charge is 2.17. The minimum Gasteiger partial charge on any atom is -0.371 e. The third-order valence-corrected chi connectivity index (χ3v) is 4.13. The average Bonchev–Trinajstić information content (AvgIpc) is 2.96. The number of nitrogens with zero attached hydrogens (tertiary/aromatic N) is 1. The molecule has 0 saturated carbocycles. The number of benzene rings is 2. The Morgan fingerprint density at radius 1 is 1.25 bits per heavy atom. The van der Waals surface area contributed by atoms with Crippen LogP contribution in [0.15, 0.2) is 42.5 Å². The molecule has 3 nitrogen and oxygen atoms in total. The fourth-order valence-corrected chi connectivity index (χ4v) is 2.86. The molecule has 0 fully saturated rings. The van der Waals surface area contributed by atoms with Crippen LogP contribution in [-0.4, -0.2) is 19.0 Å². The highest BCUT2D eigenvalue weighted by molar-refractivity contribution is 6.02. The van der Waals surface area contributed by atoms with Crippen LogP contribution in [0, 0.1) is 11.6 Å². The summed E-state index contributed by atoms with van der Waals surface area (Å²) in [4.78, 5) is 14.2. The fourth-order valence-electron chi connectivity index (χ4n) is 2.86. The second-order valence-corrected chi connectivity index (χ2v) is 5.63. The van der Waals surface area contributed by atoms with Gasteiger partial charge >= 0.3 is 0 Å². The van der Waals surface area contributed by atoms with E-state index in [1.54, 1.807) is 0 Å². The van der Waals surface area contributed by atoms with Crippen molar-refractivity contribution in [3.8, 4) is 0 Å². The molecule has 3 rings (SSSR count). The van der Waals surface area contributed by atoms with E-state index in [0.29, 0.717) is 5.69 Å². The van der Waals surface area contributed by atoms with E-state index in [1.807, 2.05) is 18.2 Å². The number of likely N-dealkylation sites (N-methyl/N-ethyl adjacent to an activating group) is 1. The van der Waals surface area contributed by atoms with E-state index in [-0.39, 0.29) is 5.56 Å². The molecular weight excluding hydrogens is 310 g/mol. The zero-order chi connectivity index (χ0) is 17.1. The molecule has 2 aromatic rings. The van der Waals surface area contributed by atoms with Crippen molar-refractivity contribution in [3.05, 3.63) is 65.2 Å². The van der Waals surface area contributed by atoms with Gasteiger partial charge in [0.05, 0.1) is 0 Å². The topological polar surface area (TPSA) is 32.3 Å². The molecule has 0 aromatic heterocycles. The highest BCUT2D eigenvalue weighted by Crippen LogP contribution is 2.30. The molecule has 0 saturated heterocycles. The van der Waals surface area contributed by atoms with Crippen molar-refractivity contribution in [2.45, 2.75) is 13.3 Å². The van der Waals surface area contributed by atoms with E-state index in [4.69, 9.17) is 0 Å². The molecule has 0 spiro atoms. The van der Waals surface area contributed by atoms with Gasteiger partial charge < -0.3 is 10.2 Å². The molecule has 0 unspecified atom stereocenters. The SMILES string of the molecule is CCN1CCc2ccc(NC(=O)/C=C/c3c(F)cccc3F)cc21. The first kappa shape index (κ1) is 16.2. The zero-order valence-electron chi connectivity index (χ0n) is 13.4. The Hall–Kier alpha value is -2.69. The van der Waals surface area contributed by atoms with Crippen LogP contribution in [0.1, 0.15) is 18.1 Å². The molecule has 1 amide bonds. The molecule has 5 heteroatoms. The second-order valence-electron chi connectivity index (χ2n) is 5.63. The van der Waals surface area contributed by atoms with Gasteiger partial charge in [-0.15, -0.1) is 0 Å². The number of carbonyl (C=O) groups excluding carboxylic acids is 1. The molecule has 0 aliphatic carbocycles. The van der Waals surface area contributed by atoms with Crippen LogP contribution < -0.4 is 10.2 Å². The second kappa shape index (κ2) is 6.83. The molecule has 1 heterocycles. The number of hydrogen-bond acceptors (Lipinski definition) is 2. The van der Waals surface area contributed by atoms with Crippen LogP contribution in [-0.2, 0) is 11.2 Å². The Kier molecular flexibility index (Phi) is 4.60. The van der Waals surface area contributed by atoms with Gasteiger partial charge in [-0.05, 0) is 49.2 Å². The van der Waals surface area contributed by atoms with Gasteiger partial charge in [0.2, 0.25) is 5.91 Å². The molecule has 1 N–H and O–H groups in total. The summed E-state index contributed by atoms with van der Waals surface area (Å²) in [5.74, 6) is -1.83. The smallest absolute Gasteiger partial charge is 0.248 e. The first-order valence-electron chi connectivity index (χ1n) is 7.89. The Morgan fingerprint density at radius 3 is 2.71 bits per heavy atom. The molecule has 0 radical (unpaired) electrons. The minimum absolute atomic E-state index is 0.223. The summed E-state index contributed by atoms with van der Waals surface area (Å²) in [6.45, 7) is 3.98. The van der Waals surface area contributed by atoms with E-state index >= 15 is 0 Å². The summed E-state index contributed by atoms with van der Waals surface area (Å²) in [6, 6.07) is 9.36. The van der Waals surface area contributed by atoms with Gasteiger partial charge in [0, 0.05) is 36.1 Å². The van der Waals surface area contributed by atoms with Crippen LogP contribution in [0.5, 0.6) is 0 Å². The largest absolute Gasteiger partial charge is 0.371 e. The Bertz CT molecular complexity index is 782. The maximum absolute atomic E-state index is 13.5. The normalized spacial score (nSPS) is 13.4. The van der Waals surface area contributed by atoms with Gasteiger partial charge in [0.25, 0.3) is 0 Å². The van der Waals surface area contributed by atoms with Gasteiger partial charge in [-0.3, -0.25) is 4.79 Å². The summed E-state index contributed by atoms with van der Waals surface area (Å²) in [7, 11) is 0. The lowest BCUT2D eigenvalue weighted by Gasteiger charge is -2.17. The summed E-state index contributed by atoms with van der Waals surface area (Å²) >= 11 is 0. The van der Waals surface area contributed by atoms with Gasteiger partial charge in [0.1, 0.15) is 11.6 Å². The number of carbonyl (C=O) groups is 1. The molecule has 1 aliphatic rings. The molecule has 1 aliphatic heterocycles. The van der Waals surface area contributed by atoms with Crippen molar-refractivity contribution in [1.29, 1.82) is 0 Å². The van der Waals surface area contributed by atoms with Gasteiger partial charge in [-0.2, -0.15) is 0 Å². The van der Waals surface area contributed by atoms with Gasteiger partial charge in [-0.1, -0.05) is 12.1 Å². The number of amides is 1. The van der Waals surface area contributed by atoms with Crippen molar-refractivity contribution in [3.63, 3.8) is 0 Å². The number of nitrogens with one attached hydrogen (secondary N) is 1. The maximum Gasteiger partial charge on any atom is 0.248 e. The van der Waals surface area contributed by atoms with Gasteiger partial charge in [-0.25, -0.2) is 8.78 Å². The Balaban J connectivity index is 1.73. The highest BCUT2D eigenvalue weighted by atomic mass is 19.1. The third-order valence-electron chi connectivity index (χ3n) is 4.13. The maximum atomic E-state index is 13.5. The molecular formula is C19H18F2N2O. The van der Waals surface area contributed by atoms with Crippen LogP contribution in [0.4, 0.5) is 20.2 Å². The molecule has 124 valence electrons. The number of anilines is 2. The third kappa shape index (κ3) is 3.30. The first-order chi connectivity index (χ1) is 11.6. The van der Waals surface area contributed by atoms with Crippen LogP contribution in [0.25, 0.3) is 6.08 Å². The summed E-state index contributed by atoms with van der Waals surface area (Å²) < 4.78 is 27.1. The lowest BCUT2D eigenvalue weighted by molar-refractivity contribution is -0.111. The summed E-state index contributed by atoms with van der Waals surface area (Å²) in [5, 5.41) is 2.73. The van der Waals surface area contributed by atoms with E-state index < -0.39 is 17.5 Å². The van der Waals surface area contributed by atoms with E-state index in [2.05, 4.69) is 17.1 Å². The molecule has 2 aromatic carbocycles. The lowest BCUT2D eigenvalue weighted by Crippen LogP contribution is -2.19. The van der Waals surface area contributed by atoms with E-state index in [0.717, 1.165) is 49.5 Å². The Labute approximate surface area is 139 Å². The lowest BCUT2D eigenvalue weighted by atomic mass is 10.1. The number of fused-ring (bicyclic) bond motifs is 1. The van der Waals surface area contributed by atoms with Crippen LogP contribution in [0.2, 0.25) is 0 Å². The van der Waals surface area contributed by atoms with E-state index in [1.165, 1.54) is 11.6 Å². The zero-order valence-corrected chi connectivity index (χ0v) is 13.4. The molecule has 24 heavy (non-hydrogen) atoms.